The molecule has 3 amide bonds. The Morgan fingerprint density at radius 3 is 2.56 bits per heavy atom. The summed E-state index contributed by atoms with van der Waals surface area (Å²) in [7, 11) is -2.90. The van der Waals surface area contributed by atoms with E-state index < -0.39 is 20.0 Å². The predicted molar refractivity (Wildman–Crippen MR) is 165 cm³/mol. The Morgan fingerprint density at radius 1 is 1.12 bits per heavy atom. The van der Waals surface area contributed by atoms with Crippen LogP contribution in [-0.2, 0) is 31.3 Å². The van der Waals surface area contributed by atoms with Crippen molar-refractivity contribution in [2.24, 2.45) is 5.92 Å². The van der Waals surface area contributed by atoms with Crippen LogP contribution in [0.1, 0.15) is 37.3 Å². The molecule has 3 fully saturated rings. The van der Waals surface area contributed by atoms with Crippen LogP contribution < -0.4 is 15.1 Å². The van der Waals surface area contributed by atoms with Crippen molar-refractivity contribution in [1.29, 1.82) is 0 Å². The lowest BCUT2D eigenvalue weighted by molar-refractivity contribution is -0.150. The normalized spacial score (nSPS) is 29.2. The van der Waals surface area contributed by atoms with Crippen molar-refractivity contribution >= 4 is 37.4 Å². The van der Waals surface area contributed by atoms with Gasteiger partial charge in [-0.1, -0.05) is 37.3 Å². The van der Waals surface area contributed by atoms with Gasteiger partial charge in [-0.3, -0.25) is 14.4 Å². The molecule has 0 aliphatic carbocycles. The molecule has 0 unspecified atom stereocenters. The molecule has 6 rings (SSSR count). The van der Waals surface area contributed by atoms with E-state index in [2.05, 4.69) is 5.32 Å². The number of para-hydroxylation sites is 1. The number of ether oxygens (including phenoxy) is 1. The van der Waals surface area contributed by atoms with Gasteiger partial charge in [-0.25, -0.2) is 0 Å². The first-order valence-electron chi connectivity index (χ1n) is 15.4. The number of carbonyl (C=O) groups excluding carboxylic acids is 3. The molecule has 2 aromatic carbocycles. The summed E-state index contributed by atoms with van der Waals surface area (Å²) in [6.45, 7) is 8.21. The molecule has 0 saturated carbocycles. The molecule has 0 radical (unpaired) electrons. The number of aliphatic hydroxyl groups is 1. The zero-order valence-electron chi connectivity index (χ0n) is 25.2. The molecule has 3 saturated heterocycles. The third-order valence-electron chi connectivity index (χ3n) is 9.85. The van der Waals surface area contributed by atoms with Gasteiger partial charge in [0.1, 0.15) is 0 Å². The summed E-state index contributed by atoms with van der Waals surface area (Å²) in [5, 5.41) is 12.9. The lowest BCUT2D eigenvalue weighted by Gasteiger charge is -2.32. The molecule has 3 N–H and O–H groups in total. The van der Waals surface area contributed by atoms with Crippen LogP contribution in [0.25, 0.3) is 0 Å². The summed E-state index contributed by atoms with van der Waals surface area (Å²) in [4.78, 5) is 57.2. The van der Waals surface area contributed by atoms with E-state index in [0.29, 0.717) is 26.2 Å². The summed E-state index contributed by atoms with van der Waals surface area (Å²) in [5.74, 6) is -0.613. The number of hydrogen-bond acceptors (Lipinski definition) is 7. The Hall–Kier alpha value is -3.09. The van der Waals surface area contributed by atoms with Crippen molar-refractivity contribution < 1.29 is 29.0 Å². The monoisotopic (exact) mass is 606 g/mol. The van der Waals surface area contributed by atoms with Crippen LogP contribution in [0.15, 0.2) is 48.5 Å². The van der Waals surface area contributed by atoms with E-state index in [1.165, 1.54) is 0 Å². The van der Waals surface area contributed by atoms with Crippen molar-refractivity contribution in [3.8, 4) is 0 Å². The van der Waals surface area contributed by atoms with Crippen molar-refractivity contribution in [3.05, 3.63) is 59.7 Å². The molecule has 43 heavy (non-hydrogen) atoms. The number of amides is 3. The zero-order chi connectivity index (χ0) is 30.5. The highest BCUT2D eigenvalue weighted by atomic mass is 28.4. The van der Waals surface area contributed by atoms with Gasteiger partial charge in [-0.15, -0.1) is 0 Å². The minimum atomic E-state index is -2.90. The number of nitrogens with zero attached hydrogens (tertiary/aromatic N) is 3. The Balaban J connectivity index is 1.29. The van der Waals surface area contributed by atoms with E-state index in [-0.39, 0.29) is 48.3 Å². The third kappa shape index (κ3) is 5.10. The fourth-order valence-corrected chi connectivity index (χ4v) is 10.4. The molecule has 5 atom stereocenters. The smallest absolute Gasteiger partial charge is 0.264 e. The number of anilines is 2. The Kier molecular flexibility index (Phi) is 7.97. The van der Waals surface area contributed by atoms with Crippen LogP contribution >= 0.6 is 0 Å². The van der Waals surface area contributed by atoms with Gasteiger partial charge in [0.25, 0.3) is 5.91 Å². The number of aliphatic hydroxyl groups excluding tert-OH is 1. The number of hydrogen-bond donors (Lipinski definition) is 3. The van der Waals surface area contributed by atoms with E-state index >= 15 is 0 Å². The Bertz CT molecular complexity index is 1400. The van der Waals surface area contributed by atoms with E-state index in [9.17, 15) is 24.3 Å². The largest absolute Gasteiger partial charge is 0.432 e. The summed E-state index contributed by atoms with van der Waals surface area (Å²) in [6.07, 6.45) is 1.05. The SMILES string of the molecule is C[C@H]1[C@H]([Si](C)(C)O)[C@@H](CC(=O)N2CCC[C@H]2CO)O[C@]12C(=O)N(Cc1ccc(N3CCNCC3=O)cc1)c1ccccc12. The molecule has 2 aromatic rings. The molecule has 1 spiro atoms. The van der Waals surface area contributed by atoms with E-state index in [1.807, 2.05) is 68.5 Å². The molecule has 10 nitrogen and oxygen atoms in total. The maximum Gasteiger partial charge on any atom is 0.264 e. The van der Waals surface area contributed by atoms with Crippen LogP contribution in [0.3, 0.4) is 0 Å². The molecule has 0 aromatic heterocycles. The number of nitrogens with one attached hydrogen (secondary N) is 1. The first-order valence-corrected chi connectivity index (χ1v) is 18.4. The Labute approximate surface area is 253 Å². The highest BCUT2D eigenvalue weighted by Gasteiger charge is 2.66. The molecular weight excluding hydrogens is 564 g/mol. The van der Waals surface area contributed by atoms with Gasteiger partial charge in [0, 0.05) is 42.3 Å². The first kappa shape index (κ1) is 30.0. The molecule has 4 aliphatic rings. The lowest BCUT2D eigenvalue weighted by atomic mass is 9.82. The van der Waals surface area contributed by atoms with Gasteiger partial charge >= 0.3 is 0 Å². The fourth-order valence-electron chi connectivity index (χ4n) is 7.88. The minimum Gasteiger partial charge on any atom is -0.432 e. The maximum atomic E-state index is 14.6. The number of piperazine rings is 1. The molecule has 0 bridgehead atoms. The summed E-state index contributed by atoms with van der Waals surface area (Å²) in [5.41, 5.74) is 1.63. The number of carbonyl (C=O) groups is 3. The second-order valence-electron chi connectivity index (χ2n) is 12.9. The van der Waals surface area contributed by atoms with Gasteiger partial charge in [0.15, 0.2) is 13.9 Å². The first-order chi connectivity index (χ1) is 20.6. The topological polar surface area (TPSA) is 123 Å². The molecular formula is C32H42N4O6Si. The summed E-state index contributed by atoms with van der Waals surface area (Å²) >= 11 is 0. The molecule has 4 aliphatic heterocycles. The van der Waals surface area contributed by atoms with Gasteiger partial charge in [0.2, 0.25) is 11.8 Å². The standard InChI is InChI=1S/C32H42N4O6Si/c1-21-30(43(2,3)41)27(17-28(38)34-15-6-7-24(34)20-37)42-32(21)25-8-4-5-9-26(25)36(31(32)40)19-22-10-12-23(13-11-22)35-16-14-33-18-29(35)39/h4-5,8-13,21,24,27,30,33,37,41H,6-7,14-20H2,1-3H3/t21-,24-,27+,30-,32+/m0/s1. The van der Waals surface area contributed by atoms with Crippen LogP contribution in [0, 0.1) is 5.92 Å². The quantitative estimate of drug-likeness (QED) is 0.414. The van der Waals surface area contributed by atoms with Gasteiger partial charge in [-0.2, -0.15) is 0 Å². The van der Waals surface area contributed by atoms with Crippen molar-refractivity contribution in [3.63, 3.8) is 0 Å². The van der Waals surface area contributed by atoms with Crippen molar-refractivity contribution in [1.82, 2.24) is 10.2 Å². The van der Waals surface area contributed by atoms with Crippen molar-refractivity contribution in [2.75, 3.05) is 42.6 Å². The summed E-state index contributed by atoms with van der Waals surface area (Å²) < 4.78 is 6.80. The van der Waals surface area contributed by atoms with Crippen LogP contribution in [0.4, 0.5) is 11.4 Å². The maximum absolute atomic E-state index is 14.6. The number of rotatable bonds is 7. The van der Waals surface area contributed by atoms with E-state index in [4.69, 9.17) is 4.74 Å². The van der Waals surface area contributed by atoms with Crippen molar-refractivity contribution in [2.45, 2.75) is 69.1 Å². The number of fused-ring (bicyclic) bond motifs is 2. The van der Waals surface area contributed by atoms with Crippen LogP contribution in [0.5, 0.6) is 0 Å². The molecule has 230 valence electrons. The van der Waals surface area contributed by atoms with E-state index in [0.717, 1.165) is 41.9 Å². The second kappa shape index (κ2) is 11.4. The lowest BCUT2D eigenvalue weighted by Crippen LogP contribution is -2.48. The Morgan fingerprint density at radius 2 is 1.86 bits per heavy atom. The highest BCUT2D eigenvalue weighted by Crippen LogP contribution is 2.59. The summed E-state index contributed by atoms with van der Waals surface area (Å²) in [6, 6.07) is 15.2. The van der Waals surface area contributed by atoms with Gasteiger partial charge in [-0.05, 0) is 49.7 Å². The predicted octanol–water partition coefficient (Wildman–Crippen LogP) is 2.34. The number of likely N-dealkylation sites (tertiary alicyclic amines) is 1. The zero-order valence-corrected chi connectivity index (χ0v) is 26.2. The molecule has 11 heteroatoms. The third-order valence-corrected chi connectivity index (χ3v) is 12.4. The molecule has 4 heterocycles. The van der Waals surface area contributed by atoms with Crippen LogP contribution in [-0.4, -0.2) is 85.8 Å². The fraction of sp³-hybridized carbons (Fsp3) is 0.531. The average Bonchev–Trinajstić information content (AvgIpc) is 3.64. The van der Waals surface area contributed by atoms with Crippen LogP contribution in [0.2, 0.25) is 18.6 Å². The van der Waals surface area contributed by atoms with E-state index in [1.54, 1.807) is 14.7 Å². The van der Waals surface area contributed by atoms with Gasteiger partial charge in [0.05, 0.1) is 44.0 Å². The minimum absolute atomic E-state index is 0.0338. The van der Waals surface area contributed by atoms with Gasteiger partial charge < -0.3 is 34.7 Å². The number of benzene rings is 2. The highest BCUT2D eigenvalue weighted by molar-refractivity contribution is 6.71. The average molecular weight is 607 g/mol. The second-order valence-corrected chi connectivity index (χ2v) is 16.9.